The van der Waals surface area contributed by atoms with Gasteiger partial charge in [0.2, 0.25) is 15.9 Å². The smallest absolute Gasteiger partial charge is 0.240 e. The highest BCUT2D eigenvalue weighted by Gasteiger charge is 2.25. The Morgan fingerprint density at radius 2 is 1.97 bits per heavy atom. The lowest BCUT2D eigenvalue weighted by Crippen LogP contribution is -2.27. The lowest BCUT2D eigenvalue weighted by molar-refractivity contribution is 0.301. The molecule has 0 spiro atoms. The zero-order chi connectivity index (χ0) is 21.5. The van der Waals surface area contributed by atoms with Crippen molar-refractivity contribution in [2.24, 2.45) is 5.18 Å². The Hall–Kier alpha value is -2.79. The van der Waals surface area contributed by atoms with Crippen molar-refractivity contribution in [1.82, 2.24) is 14.6 Å². The Kier molecular flexibility index (Phi) is 5.33. The molecule has 0 bridgehead atoms. The first-order valence-electron chi connectivity index (χ1n) is 9.48. The van der Waals surface area contributed by atoms with Crippen LogP contribution in [0.5, 0.6) is 5.88 Å². The second kappa shape index (κ2) is 7.80. The van der Waals surface area contributed by atoms with Crippen LogP contribution in [0.3, 0.4) is 0 Å². The second-order valence-corrected chi connectivity index (χ2v) is 9.12. The van der Waals surface area contributed by atoms with Crippen LogP contribution in [0.25, 0.3) is 22.0 Å². The van der Waals surface area contributed by atoms with Crippen LogP contribution in [-0.4, -0.2) is 55.3 Å². The standard InChI is InChI=1S/C20H22N4O5S/c1-24-8-6-14-15(10-16-18(17(14)11-24)22-20(26)19(16)23-27)12-2-4-13(5-3-12)30(28,29)21-7-9-25/h2-5,10,21-22,25-26H,6-9,11H2,1H3. The van der Waals surface area contributed by atoms with E-state index in [0.29, 0.717) is 17.4 Å². The van der Waals surface area contributed by atoms with Crippen molar-refractivity contribution in [3.05, 3.63) is 46.4 Å². The third-order valence-electron chi connectivity index (χ3n) is 5.41. The molecule has 1 aliphatic heterocycles. The van der Waals surface area contributed by atoms with E-state index in [1.165, 1.54) is 12.1 Å². The van der Waals surface area contributed by atoms with Gasteiger partial charge in [0.15, 0.2) is 5.69 Å². The van der Waals surface area contributed by atoms with E-state index in [2.05, 4.69) is 19.8 Å². The molecule has 0 fully saturated rings. The number of rotatable bonds is 6. The number of aromatic amines is 1. The van der Waals surface area contributed by atoms with Crippen LogP contribution in [0.1, 0.15) is 11.1 Å². The maximum Gasteiger partial charge on any atom is 0.240 e. The Balaban J connectivity index is 1.86. The van der Waals surface area contributed by atoms with Crippen LogP contribution >= 0.6 is 0 Å². The summed E-state index contributed by atoms with van der Waals surface area (Å²) in [5.74, 6) is -0.260. The highest BCUT2D eigenvalue weighted by atomic mass is 32.2. The molecule has 1 aromatic heterocycles. The first-order valence-corrected chi connectivity index (χ1v) is 11.0. The molecule has 10 heteroatoms. The molecule has 2 heterocycles. The van der Waals surface area contributed by atoms with Crippen LogP contribution in [0, 0.1) is 4.91 Å². The number of benzene rings is 2. The first-order chi connectivity index (χ1) is 14.4. The molecule has 4 N–H and O–H groups in total. The number of aromatic nitrogens is 1. The van der Waals surface area contributed by atoms with Crippen LogP contribution in [0.15, 0.2) is 40.4 Å². The summed E-state index contributed by atoms with van der Waals surface area (Å²) in [5, 5.41) is 22.5. The minimum atomic E-state index is -3.70. The number of sulfonamides is 1. The number of aliphatic hydroxyl groups is 1. The SMILES string of the molecule is CN1CCc2c(-c3ccc(S(=O)(=O)NCCO)cc3)cc3c(N=O)c(O)[nH]c3c2C1. The summed E-state index contributed by atoms with van der Waals surface area (Å²) in [4.78, 5) is 16.4. The number of nitrogens with zero attached hydrogens (tertiary/aromatic N) is 2. The maximum absolute atomic E-state index is 12.3. The highest BCUT2D eigenvalue weighted by Crippen LogP contribution is 2.43. The molecule has 0 amide bonds. The molecule has 3 aromatic rings. The third-order valence-corrected chi connectivity index (χ3v) is 6.89. The van der Waals surface area contributed by atoms with Gasteiger partial charge >= 0.3 is 0 Å². The molecule has 2 aromatic carbocycles. The Morgan fingerprint density at radius 3 is 2.63 bits per heavy atom. The van der Waals surface area contributed by atoms with Gasteiger partial charge in [-0.05, 0) is 59.1 Å². The predicted molar refractivity (Wildman–Crippen MR) is 113 cm³/mol. The monoisotopic (exact) mass is 430 g/mol. The van der Waals surface area contributed by atoms with Crippen molar-refractivity contribution in [3.63, 3.8) is 0 Å². The average molecular weight is 430 g/mol. The molecule has 0 atom stereocenters. The summed E-state index contributed by atoms with van der Waals surface area (Å²) in [5.41, 5.74) is 4.42. The van der Waals surface area contributed by atoms with Crippen molar-refractivity contribution in [2.75, 3.05) is 26.7 Å². The summed E-state index contributed by atoms with van der Waals surface area (Å²) in [7, 11) is -1.70. The number of aliphatic hydroxyl groups excluding tert-OH is 1. The van der Waals surface area contributed by atoms with E-state index in [0.717, 1.165) is 35.2 Å². The van der Waals surface area contributed by atoms with Crippen molar-refractivity contribution in [1.29, 1.82) is 0 Å². The number of likely N-dealkylation sites (N-methyl/N-ethyl adjacent to an activating group) is 1. The van der Waals surface area contributed by atoms with E-state index >= 15 is 0 Å². The molecule has 158 valence electrons. The highest BCUT2D eigenvalue weighted by molar-refractivity contribution is 7.89. The van der Waals surface area contributed by atoms with Gasteiger partial charge in [0.1, 0.15) is 0 Å². The Labute approximate surface area is 173 Å². The van der Waals surface area contributed by atoms with Crippen molar-refractivity contribution >= 4 is 26.6 Å². The van der Waals surface area contributed by atoms with Gasteiger partial charge in [-0.1, -0.05) is 12.1 Å². The Morgan fingerprint density at radius 1 is 1.23 bits per heavy atom. The van der Waals surface area contributed by atoms with Crippen LogP contribution < -0.4 is 4.72 Å². The lowest BCUT2D eigenvalue weighted by Gasteiger charge is -2.27. The molecule has 0 radical (unpaired) electrons. The molecule has 9 nitrogen and oxygen atoms in total. The summed E-state index contributed by atoms with van der Waals surface area (Å²) >= 11 is 0. The van der Waals surface area contributed by atoms with Crippen LogP contribution in [-0.2, 0) is 23.0 Å². The van der Waals surface area contributed by atoms with Gasteiger partial charge < -0.3 is 20.1 Å². The van der Waals surface area contributed by atoms with Gasteiger partial charge in [-0.25, -0.2) is 13.1 Å². The topological polar surface area (TPSA) is 135 Å². The minimum Gasteiger partial charge on any atom is -0.493 e. The van der Waals surface area contributed by atoms with Gasteiger partial charge in [0.05, 0.1) is 17.0 Å². The summed E-state index contributed by atoms with van der Waals surface area (Å²) in [6.07, 6.45) is 0.777. The van der Waals surface area contributed by atoms with Crippen molar-refractivity contribution in [3.8, 4) is 17.0 Å². The normalized spacial score (nSPS) is 14.7. The average Bonchev–Trinajstić information content (AvgIpc) is 3.07. The number of nitroso groups, excluding NO2 is 1. The van der Waals surface area contributed by atoms with E-state index in [9.17, 15) is 18.4 Å². The number of nitrogens with one attached hydrogen (secondary N) is 2. The number of hydrogen-bond acceptors (Lipinski definition) is 7. The number of aromatic hydroxyl groups is 1. The summed E-state index contributed by atoms with van der Waals surface area (Å²) < 4.78 is 26.8. The molecule has 30 heavy (non-hydrogen) atoms. The fourth-order valence-corrected chi connectivity index (χ4v) is 4.97. The van der Waals surface area contributed by atoms with Crippen molar-refractivity contribution < 1.29 is 18.6 Å². The fraction of sp³-hybridized carbons (Fsp3) is 0.300. The Bertz CT molecular complexity index is 1220. The van der Waals surface area contributed by atoms with Gasteiger partial charge in [-0.15, -0.1) is 4.91 Å². The summed E-state index contributed by atoms with van der Waals surface area (Å²) in [6, 6.07) is 8.27. The van der Waals surface area contributed by atoms with E-state index in [4.69, 9.17) is 5.11 Å². The largest absolute Gasteiger partial charge is 0.493 e. The third kappa shape index (κ3) is 3.47. The molecule has 0 saturated carbocycles. The van der Waals surface area contributed by atoms with Crippen molar-refractivity contribution in [2.45, 2.75) is 17.9 Å². The zero-order valence-corrected chi connectivity index (χ0v) is 17.2. The summed E-state index contributed by atoms with van der Waals surface area (Å²) in [6.45, 7) is 1.17. The minimum absolute atomic E-state index is 0.0327. The fourth-order valence-electron chi connectivity index (χ4n) is 3.95. The van der Waals surface area contributed by atoms with E-state index in [1.807, 2.05) is 13.1 Å². The molecular weight excluding hydrogens is 408 g/mol. The molecule has 1 aliphatic rings. The van der Waals surface area contributed by atoms with Gasteiger partial charge in [-0.3, -0.25) is 0 Å². The molecule has 0 unspecified atom stereocenters. The first kappa shape index (κ1) is 20.5. The maximum atomic E-state index is 12.3. The number of hydrogen-bond donors (Lipinski definition) is 4. The van der Waals surface area contributed by atoms with Gasteiger partial charge in [0, 0.05) is 25.0 Å². The van der Waals surface area contributed by atoms with E-state index in [-0.39, 0.29) is 29.6 Å². The molecule has 0 aliphatic carbocycles. The molecule has 4 rings (SSSR count). The molecule has 0 saturated heterocycles. The van der Waals surface area contributed by atoms with Crippen LogP contribution in [0.2, 0.25) is 0 Å². The number of fused-ring (bicyclic) bond motifs is 3. The van der Waals surface area contributed by atoms with Crippen LogP contribution in [0.4, 0.5) is 5.69 Å². The number of H-pyrrole nitrogens is 1. The molecular formula is C20H22N4O5S. The lowest BCUT2D eigenvalue weighted by atomic mass is 9.89. The predicted octanol–water partition coefficient (Wildman–Crippen LogP) is 2.20. The second-order valence-electron chi connectivity index (χ2n) is 7.35. The van der Waals surface area contributed by atoms with E-state index in [1.54, 1.807) is 12.1 Å². The van der Waals surface area contributed by atoms with Gasteiger partial charge in [0.25, 0.3) is 0 Å². The van der Waals surface area contributed by atoms with E-state index < -0.39 is 10.0 Å². The zero-order valence-electron chi connectivity index (χ0n) is 16.3. The quantitative estimate of drug-likeness (QED) is 0.443. The van der Waals surface area contributed by atoms with Gasteiger partial charge in [-0.2, -0.15) is 0 Å².